The average molecular weight is 421 g/mol. The number of hydrogen-bond acceptors (Lipinski definition) is 8. The van der Waals surface area contributed by atoms with Crippen molar-refractivity contribution in [3.05, 3.63) is 65.7 Å². The fraction of sp³-hybridized carbons (Fsp3) is 0.350. The minimum absolute atomic E-state index is 0.00510. The van der Waals surface area contributed by atoms with Crippen LogP contribution >= 0.6 is 0 Å². The quantitative estimate of drug-likeness (QED) is 0.513. The maximum atomic E-state index is 12.2. The Bertz CT molecular complexity index is 929. The van der Waals surface area contributed by atoms with Crippen LogP contribution in [0.5, 0.6) is 0 Å². The Morgan fingerprint density at radius 3 is 2.48 bits per heavy atom. The third-order valence-corrected chi connectivity index (χ3v) is 5.74. The van der Waals surface area contributed by atoms with Crippen LogP contribution in [0.2, 0.25) is 0 Å². The first-order chi connectivity index (χ1) is 13.9. The molecule has 2 aromatic rings. The van der Waals surface area contributed by atoms with Crippen LogP contribution < -0.4 is 0 Å². The second-order valence-corrected chi connectivity index (χ2v) is 8.29. The van der Waals surface area contributed by atoms with Gasteiger partial charge in [-0.05, 0) is 24.6 Å². The van der Waals surface area contributed by atoms with Crippen molar-refractivity contribution < 1.29 is 32.4 Å². The molecule has 156 valence electrons. The van der Waals surface area contributed by atoms with Crippen LogP contribution in [0.25, 0.3) is 0 Å². The molecule has 3 rings (SSSR count). The third-order valence-electron chi connectivity index (χ3n) is 4.44. The molecule has 0 bridgehead atoms. The number of rotatable bonds is 7. The van der Waals surface area contributed by atoms with E-state index >= 15 is 0 Å². The number of ether oxygens (including phenoxy) is 1. The summed E-state index contributed by atoms with van der Waals surface area (Å²) in [5.41, 5.74) is 1.93. The smallest absolute Gasteiger partial charge is 0.297 e. The van der Waals surface area contributed by atoms with E-state index in [1.165, 1.54) is 12.1 Å². The second-order valence-electron chi connectivity index (χ2n) is 6.68. The maximum absolute atomic E-state index is 12.2. The van der Waals surface area contributed by atoms with Crippen molar-refractivity contribution in [2.75, 3.05) is 13.2 Å². The Balaban J connectivity index is 1.54. The van der Waals surface area contributed by atoms with Gasteiger partial charge in [0.1, 0.15) is 30.6 Å². The highest BCUT2D eigenvalue weighted by atomic mass is 32.2. The summed E-state index contributed by atoms with van der Waals surface area (Å²) in [6.45, 7) is 1.49. The minimum atomic E-state index is -4.00. The standard InChI is InChI=1S/C20H23NO7S/c1-14-7-9-16(10-8-14)29(24,25)28-13-18-20(23)19(22)17(12-26-18)21-27-11-15-5-3-2-4-6-15/h2-10,18-20,22-23H,11-13H2,1H3/b21-17+/t18-,19-,20-/m1/s1. The molecule has 8 nitrogen and oxygen atoms in total. The van der Waals surface area contributed by atoms with E-state index in [2.05, 4.69) is 5.16 Å². The van der Waals surface area contributed by atoms with E-state index in [1.54, 1.807) is 12.1 Å². The molecule has 3 atom stereocenters. The second kappa shape index (κ2) is 9.47. The lowest BCUT2D eigenvalue weighted by Crippen LogP contribution is -2.52. The molecule has 0 saturated carbocycles. The predicted molar refractivity (Wildman–Crippen MR) is 105 cm³/mol. The van der Waals surface area contributed by atoms with Crippen molar-refractivity contribution in [3.8, 4) is 0 Å². The van der Waals surface area contributed by atoms with Gasteiger partial charge >= 0.3 is 0 Å². The highest BCUT2D eigenvalue weighted by Crippen LogP contribution is 2.18. The first-order valence-electron chi connectivity index (χ1n) is 9.03. The van der Waals surface area contributed by atoms with Gasteiger partial charge in [-0.25, -0.2) is 0 Å². The molecule has 0 aliphatic carbocycles. The van der Waals surface area contributed by atoms with Crippen LogP contribution in [0, 0.1) is 6.92 Å². The van der Waals surface area contributed by atoms with Gasteiger partial charge in [0.05, 0.1) is 18.1 Å². The molecule has 0 spiro atoms. The SMILES string of the molecule is Cc1ccc(S(=O)(=O)OC[C@H]2OC/C(=N\OCc3ccccc3)[C@@H](O)[C@@H]2O)cc1. The zero-order chi connectivity index (χ0) is 20.9. The lowest BCUT2D eigenvalue weighted by molar-refractivity contribution is -0.0989. The van der Waals surface area contributed by atoms with Gasteiger partial charge in [-0.3, -0.25) is 4.18 Å². The number of oxime groups is 1. The number of hydrogen-bond donors (Lipinski definition) is 2. The van der Waals surface area contributed by atoms with E-state index in [0.717, 1.165) is 11.1 Å². The Hall–Kier alpha value is -2.30. The third kappa shape index (κ3) is 5.62. The Labute approximate surface area is 169 Å². The monoisotopic (exact) mass is 421 g/mol. The van der Waals surface area contributed by atoms with Gasteiger partial charge in [-0.15, -0.1) is 0 Å². The largest absolute Gasteiger partial charge is 0.391 e. The van der Waals surface area contributed by atoms with E-state index in [0.29, 0.717) is 0 Å². The molecule has 1 aliphatic rings. The van der Waals surface area contributed by atoms with Crippen molar-refractivity contribution in [1.82, 2.24) is 0 Å². The topological polar surface area (TPSA) is 115 Å². The van der Waals surface area contributed by atoms with E-state index < -0.39 is 35.0 Å². The molecule has 2 aromatic carbocycles. The number of aliphatic hydroxyl groups is 2. The van der Waals surface area contributed by atoms with Crippen LogP contribution in [0.15, 0.2) is 64.6 Å². The molecule has 1 aliphatic heterocycles. The van der Waals surface area contributed by atoms with E-state index in [1.807, 2.05) is 37.3 Å². The molecule has 1 saturated heterocycles. The van der Waals surface area contributed by atoms with Gasteiger partial charge in [0.15, 0.2) is 0 Å². The zero-order valence-electron chi connectivity index (χ0n) is 15.8. The lowest BCUT2D eigenvalue weighted by atomic mass is 10.0. The van der Waals surface area contributed by atoms with Gasteiger partial charge in [0.2, 0.25) is 0 Å². The van der Waals surface area contributed by atoms with Crippen LogP contribution in [0.1, 0.15) is 11.1 Å². The minimum Gasteiger partial charge on any atom is -0.391 e. The highest BCUT2D eigenvalue weighted by molar-refractivity contribution is 7.86. The van der Waals surface area contributed by atoms with E-state index in [-0.39, 0.29) is 23.8 Å². The van der Waals surface area contributed by atoms with Crippen LogP contribution in [0.3, 0.4) is 0 Å². The molecule has 9 heteroatoms. The number of aryl methyl sites for hydroxylation is 1. The summed E-state index contributed by atoms with van der Waals surface area (Å²) >= 11 is 0. The van der Waals surface area contributed by atoms with Crippen LogP contribution in [-0.4, -0.2) is 55.9 Å². The summed E-state index contributed by atoms with van der Waals surface area (Å²) in [5, 5.41) is 24.3. The first kappa shape index (κ1) is 21.4. The Morgan fingerprint density at radius 2 is 1.79 bits per heavy atom. The van der Waals surface area contributed by atoms with E-state index in [9.17, 15) is 18.6 Å². The van der Waals surface area contributed by atoms with E-state index in [4.69, 9.17) is 13.8 Å². The number of aliphatic hydroxyl groups excluding tert-OH is 2. The summed E-state index contributed by atoms with van der Waals surface area (Å²) < 4.78 is 34.9. The molecular weight excluding hydrogens is 398 g/mol. The van der Waals surface area contributed by atoms with Gasteiger partial charge in [-0.1, -0.05) is 53.2 Å². The van der Waals surface area contributed by atoms with Gasteiger partial charge in [-0.2, -0.15) is 8.42 Å². The van der Waals surface area contributed by atoms with Crippen molar-refractivity contribution in [3.63, 3.8) is 0 Å². The molecule has 2 N–H and O–H groups in total. The molecule has 1 heterocycles. The maximum Gasteiger partial charge on any atom is 0.297 e. The van der Waals surface area contributed by atoms with Crippen LogP contribution in [-0.2, 0) is 30.5 Å². The molecule has 0 radical (unpaired) electrons. The molecule has 1 fully saturated rings. The fourth-order valence-electron chi connectivity index (χ4n) is 2.70. The Kier molecular flexibility index (Phi) is 6.99. The van der Waals surface area contributed by atoms with Crippen LogP contribution in [0.4, 0.5) is 0 Å². The number of benzene rings is 2. The highest BCUT2D eigenvalue weighted by Gasteiger charge is 2.37. The van der Waals surface area contributed by atoms with Gasteiger partial charge in [0.25, 0.3) is 10.1 Å². The summed E-state index contributed by atoms with van der Waals surface area (Å²) in [5.74, 6) is 0. The lowest BCUT2D eigenvalue weighted by Gasteiger charge is -2.32. The molecule has 0 unspecified atom stereocenters. The molecular formula is C20H23NO7S. The average Bonchev–Trinajstić information content (AvgIpc) is 2.71. The predicted octanol–water partition coefficient (Wildman–Crippen LogP) is 1.39. The van der Waals surface area contributed by atoms with Crippen molar-refractivity contribution >= 4 is 15.8 Å². The summed E-state index contributed by atoms with van der Waals surface area (Å²) in [7, 11) is -4.00. The van der Waals surface area contributed by atoms with Crippen molar-refractivity contribution in [2.45, 2.75) is 36.7 Å². The summed E-state index contributed by atoms with van der Waals surface area (Å²) in [6.07, 6.45) is -3.79. The fourth-order valence-corrected chi connectivity index (χ4v) is 3.62. The van der Waals surface area contributed by atoms with Gasteiger partial charge < -0.3 is 19.8 Å². The van der Waals surface area contributed by atoms with Crippen molar-refractivity contribution in [1.29, 1.82) is 0 Å². The Morgan fingerprint density at radius 1 is 1.10 bits per heavy atom. The molecule has 0 amide bonds. The first-order valence-corrected chi connectivity index (χ1v) is 10.4. The summed E-state index contributed by atoms with van der Waals surface area (Å²) in [6, 6.07) is 15.5. The molecule has 29 heavy (non-hydrogen) atoms. The van der Waals surface area contributed by atoms with Gasteiger partial charge in [0, 0.05) is 0 Å². The summed E-state index contributed by atoms with van der Waals surface area (Å²) in [4.78, 5) is 5.21. The number of nitrogens with zero attached hydrogens (tertiary/aromatic N) is 1. The zero-order valence-corrected chi connectivity index (χ0v) is 16.7. The normalized spacial score (nSPS) is 23.8. The van der Waals surface area contributed by atoms with Crippen molar-refractivity contribution in [2.24, 2.45) is 5.16 Å². The molecule has 0 aromatic heterocycles.